The Bertz CT molecular complexity index is 839. The molecular formula is C21H24N4. The van der Waals surface area contributed by atoms with Crippen LogP contribution in [0.5, 0.6) is 0 Å². The van der Waals surface area contributed by atoms with Crippen LogP contribution in [0.1, 0.15) is 18.1 Å². The van der Waals surface area contributed by atoms with Gasteiger partial charge in [-0.25, -0.2) is 9.97 Å². The van der Waals surface area contributed by atoms with Gasteiger partial charge in [0, 0.05) is 38.1 Å². The van der Waals surface area contributed by atoms with Gasteiger partial charge in [0.2, 0.25) is 0 Å². The Hall–Kier alpha value is -2.46. The number of nitrogens with zero attached hydrogens (tertiary/aromatic N) is 4. The van der Waals surface area contributed by atoms with E-state index in [2.05, 4.69) is 75.2 Å². The molecule has 1 aromatic heterocycles. The Morgan fingerprint density at radius 1 is 0.880 bits per heavy atom. The van der Waals surface area contributed by atoms with Gasteiger partial charge >= 0.3 is 0 Å². The molecule has 4 nitrogen and oxygen atoms in total. The van der Waals surface area contributed by atoms with E-state index in [1.54, 1.807) is 6.33 Å². The molecule has 0 bridgehead atoms. The van der Waals surface area contributed by atoms with Crippen molar-refractivity contribution < 1.29 is 0 Å². The molecule has 4 heteroatoms. The summed E-state index contributed by atoms with van der Waals surface area (Å²) < 4.78 is 0. The molecule has 1 aliphatic rings. The van der Waals surface area contributed by atoms with Crippen molar-refractivity contribution in [1.82, 2.24) is 14.9 Å². The first-order valence-corrected chi connectivity index (χ1v) is 9.08. The third-order valence-electron chi connectivity index (χ3n) is 5.01. The number of aromatic nitrogens is 2. The number of aryl methyl sites for hydroxylation is 1. The highest BCUT2D eigenvalue weighted by molar-refractivity contribution is 5.89. The van der Waals surface area contributed by atoms with Gasteiger partial charge in [0.1, 0.15) is 12.1 Å². The number of benzene rings is 2. The predicted octanol–water partition coefficient (Wildman–Crippen LogP) is 3.51. The minimum Gasteiger partial charge on any atom is -0.353 e. The van der Waals surface area contributed by atoms with E-state index < -0.39 is 0 Å². The van der Waals surface area contributed by atoms with Crippen molar-refractivity contribution in [3.63, 3.8) is 0 Å². The van der Waals surface area contributed by atoms with Crippen LogP contribution < -0.4 is 4.90 Å². The van der Waals surface area contributed by atoms with Gasteiger partial charge in [-0.1, -0.05) is 43.3 Å². The van der Waals surface area contributed by atoms with Crippen molar-refractivity contribution in [2.24, 2.45) is 0 Å². The highest BCUT2D eigenvalue weighted by atomic mass is 15.3. The molecule has 0 saturated carbocycles. The van der Waals surface area contributed by atoms with E-state index in [0.717, 1.165) is 50.5 Å². The van der Waals surface area contributed by atoms with Crippen LogP contribution in [0.2, 0.25) is 0 Å². The Morgan fingerprint density at radius 2 is 1.68 bits per heavy atom. The second-order valence-corrected chi connectivity index (χ2v) is 6.65. The first-order chi connectivity index (χ1) is 12.3. The number of anilines is 1. The van der Waals surface area contributed by atoms with Crippen molar-refractivity contribution in [1.29, 1.82) is 0 Å². The lowest BCUT2D eigenvalue weighted by Crippen LogP contribution is -2.46. The monoisotopic (exact) mass is 332 g/mol. The summed E-state index contributed by atoms with van der Waals surface area (Å²) in [5, 5.41) is 1.18. The molecule has 2 aromatic carbocycles. The van der Waals surface area contributed by atoms with Crippen LogP contribution in [0.15, 0.2) is 54.9 Å². The number of fused-ring (bicyclic) bond motifs is 1. The SMILES string of the molecule is CCc1ccc2ncnc(N3CCN(Cc4ccccc4)CC3)c2c1. The average molecular weight is 332 g/mol. The molecule has 1 aliphatic heterocycles. The van der Waals surface area contributed by atoms with Gasteiger partial charge in [-0.15, -0.1) is 0 Å². The highest BCUT2D eigenvalue weighted by Crippen LogP contribution is 2.25. The second kappa shape index (κ2) is 7.19. The third-order valence-corrected chi connectivity index (χ3v) is 5.01. The number of hydrogen-bond acceptors (Lipinski definition) is 4. The fourth-order valence-electron chi connectivity index (χ4n) is 3.52. The van der Waals surface area contributed by atoms with Crippen LogP contribution >= 0.6 is 0 Å². The van der Waals surface area contributed by atoms with Crippen LogP contribution in [0.3, 0.4) is 0 Å². The molecule has 1 fully saturated rings. The second-order valence-electron chi connectivity index (χ2n) is 6.65. The summed E-state index contributed by atoms with van der Waals surface area (Å²) in [6.45, 7) is 7.36. The molecule has 3 aromatic rings. The summed E-state index contributed by atoms with van der Waals surface area (Å²) in [6, 6.07) is 17.2. The number of hydrogen-bond donors (Lipinski definition) is 0. The molecule has 0 atom stereocenters. The van der Waals surface area contributed by atoms with Crippen LogP contribution in [0.4, 0.5) is 5.82 Å². The minimum atomic E-state index is 1.01. The molecule has 0 N–H and O–H groups in total. The van der Waals surface area contributed by atoms with E-state index in [4.69, 9.17) is 0 Å². The largest absolute Gasteiger partial charge is 0.353 e. The Kier molecular flexibility index (Phi) is 4.61. The van der Waals surface area contributed by atoms with Crippen LogP contribution in [-0.4, -0.2) is 41.0 Å². The van der Waals surface area contributed by atoms with Gasteiger partial charge in [0.15, 0.2) is 0 Å². The molecule has 0 amide bonds. The van der Waals surface area contributed by atoms with Gasteiger partial charge in [-0.05, 0) is 29.7 Å². The molecule has 128 valence electrons. The highest BCUT2D eigenvalue weighted by Gasteiger charge is 2.20. The minimum absolute atomic E-state index is 1.01. The fourth-order valence-corrected chi connectivity index (χ4v) is 3.52. The van der Waals surface area contributed by atoms with Crippen molar-refractivity contribution in [3.05, 3.63) is 66.0 Å². The fraction of sp³-hybridized carbons (Fsp3) is 0.333. The first-order valence-electron chi connectivity index (χ1n) is 9.08. The Morgan fingerprint density at radius 3 is 2.44 bits per heavy atom. The normalized spacial score (nSPS) is 15.6. The summed E-state index contributed by atoms with van der Waals surface area (Å²) in [5.74, 6) is 1.08. The van der Waals surface area contributed by atoms with Crippen molar-refractivity contribution >= 4 is 16.7 Å². The van der Waals surface area contributed by atoms with E-state index in [9.17, 15) is 0 Å². The topological polar surface area (TPSA) is 32.3 Å². The van der Waals surface area contributed by atoms with Crippen molar-refractivity contribution in [2.75, 3.05) is 31.1 Å². The quantitative estimate of drug-likeness (QED) is 0.732. The number of piperazine rings is 1. The Balaban J connectivity index is 1.50. The molecule has 4 rings (SSSR count). The maximum Gasteiger partial charge on any atom is 0.139 e. The maximum absolute atomic E-state index is 4.61. The van der Waals surface area contributed by atoms with Crippen LogP contribution in [0, 0.1) is 0 Å². The van der Waals surface area contributed by atoms with Crippen molar-refractivity contribution in [2.45, 2.75) is 19.9 Å². The standard InChI is InChI=1S/C21H24N4/c1-2-17-8-9-20-19(14-17)21(23-16-22-20)25-12-10-24(11-13-25)15-18-6-4-3-5-7-18/h3-9,14,16H,2,10-13,15H2,1H3. The van der Waals surface area contributed by atoms with E-state index >= 15 is 0 Å². The first kappa shape index (κ1) is 16.0. The molecule has 0 radical (unpaired) electrons. The molecular weight excluding hydrogens is 308 g/mol. The smallest absolute Gasteiger partial charge is 0.139 e. The Labute approximate surface area is 149 Å². The zero-order valence-electron chi connectivity index (χ0n) is 14.7. The zero-order valence-corrected chi connectivity index (χ0v) is 14.7. The summed E-state index contributed by atoms with van der Waals surface area (Å²) >= 11 is 0. The maximum atomic E-state index is 4.61. The molecule has 1 saturated heterocycles. The zero-order chi connectivity index (χ0) is 17.1. The summed E-state index contributed by atoms with van der Waals surface area (Å²) in [7, 11) is 0. The van der Waals surface area contributed by atoms with Crippen LogP contribution in [0.25, 0.3) is 10.9 Å². The lowest BCUT2D eigenvalue weighted by atomic mass is 10.1. The summed E-state index contributed by atoms with van der Waals surface area (Å²) in [5.41, 5.74) is 3.76. The van der Waals surface area contributed by atoms with E-state index in [1.807, 2.05) is 0 Å². The van der Waals surface area contributed by atoms with Gasteiger partial charge < -0.3 is 4.90 Å². The summed E-state index contributed by atoms with van der Waals surface area (Å²) in [6.07, 6.45) is 2.73. The third kappa shape index (κ3) is 3.49. The average Bonchev–Trinajstić information content (AvgIpc) is 2.68. The molecule has 0 aliphatic carbocycles. The van der Waals surface area contributed by atoms with Crippen molar-refractivity contribution in [3.8, 4) is 0 Å². The molecule has 0 unspecified atom stereocenters. The van der Waals surface area contributed by atoms with E-state index in [0.29, 0.717) is 0 Å². The number of rotatable bonds is 4. The molecule has 2 heterocycles. The van der Waals surface area contributed by atoms with Gasteiger partial charge in [-0.3, -0.25) is 4.90 Å². The lowest BCUT2D eigenvalue weighted by molar-refractivity contribution is 0.249. The van der Waals surface area contributed by atoms with E-state index in [-0.39, 0.29) is 0 Å². The molecule has 25 heavy (non-hydrogen) atoms. The molecule has 0 spiro atoms. The van der Waals surface area contributed by atoms with Gasteiger partial charge in [-0.2, -0.15) is 0 Å². The lowest BCUT2D eigenvalue weighted by Gasteiger charge is -2.35. The summed E-state index contributed by atoms with van der Waals surface area (Å²) in [4.78, 5) is 14.0. The van der Waals surface area contributed by atoms with E-state index in [1.165, 1.54) is 16.5 Å². The predicted molar refractivity (Wildman–Crippen MR) is 103 cm³/mol. The van der Waals surface area contributed by atoms with Crippen LogP contribution in [-0.2, 0) is 13.0 Å². The van der Waals surface area contributed by atoms with Gasteiger partial charge in [0.05, 0.1) is 5.52 Å². The van der Waals surface area contributed by atoms with Gasteiger partial charge in [0.25, 0.3) is 0 Å².